The molecule has 2 aliphatic rings. The van der Waals surface area contributed by atoms with Gasteiger partial charge < -0.3 is 9.80 Å². The van der Waals surface area contributed by atoms with Crippen molar-refractivity contribution in [1.82, 2.24) is 24.6 Å². The van der Waals surface area contributed by atoms with Crippen molar-refractivity contribution < 1.29 is 4.79 Å². The van der Waals surface area contributed by atoms with Crippen molar-refractivity contribution in [3.8, 4) is 5.69 Å². The zero-order chi connectivity index (χ0) is 24.2. The minimum atomic E-state index is 0.228. The van der Waals surface area contributed by atoms with E-state index >= 15 is 0 Å². The summed E-state index contributed by atoms with van der Waals surface area (Å²) in [4.78, 5) is 27.8. The topological polar surface area (TPSA) is 67.2 Å². The molecule has 3 aromatic rings. The van der Waals surface area contributed by atoms with Crippen molar-refractivity contribution in [2.75, 3.05) is 31.1 Å². The van der Waals surface area contributed by atoms with Gasteiger partial charge in [0.15, 0.2) is 5.65 Å². The van der Waals surface area contributed by atoms with Crippen LogP contribution < -0.4 is 4.90 Å². The Morgan fingerprint density at radius 2 is 1.80 bits per heavy atom. The Morgan fingerprint density at radius 3 is 2.57 bits per heavy atom. The number of aromatic nitrogens is 4. The van der Waals surface area contributed by atoms with Crippen LogP contribution in [0, 0.1) is 5.92 Å². The van der Waals surface area contributed by atoms with Gasteiger partial charge in [-0.3, -0.25) is 4.79 Å². The smallest absolute Gasteiger partial charge is 0.225 e. The van der Waals surface area contributed by atoms with Gasteiger partial charge in [-0.2, -0.15) is 5.10 Å². The Labute approximate surface area is 208 Å². The highest BCUT2D eigenvalue weighted by Crippen LogP contribution is 2.30. The number of rotatable bonds is 6. The van der Waals surface area contributed by atoms with Crippen molar-refractivity contribution in [3.63, 3.8) is 0 Å². The van der Waals surface area contributed by atoms with Crippen molar-refractivity contribution in [3.05, 3.63) is 42.4 Å². The van der Waals surface area contributed by atoms with E-state index in [1.165, 1.54) is 19.3 Å². The highest BCUT2D eigenvalue weighted by Gasteiger charge is 2.29. The third-order valence-corrected chi connectivity index (χ3v) is 7.65. The summed E-state index contributed by atoms with van der Waals surface area (Å²) in [5.74, 6) is 2.72. The van der Waals surface area contributed by atoms with E-state index in [9.17, 15) is 4.79 Å². The Balaban J connectivity index is 1.45. The van der Waals surface area contributed by atoms with Crippen LogP contribution in [0.25, 0.3) is 16.7 Å². The van der Waals surface area contributed by atoms with Gasteiger partial charge in [0.2, 0.25) is 5.91 Å². The van der Waals surface area contributed by atoms with Crippen molar-refractivity contribution in [1.29, 1.82) is 0 Å². The van der Waals surface area contributed by atoms with Gasteiger partial charge in [-0.1, -0.05) is 57.7 Å². The van der Waals surface area contributed by atoms with Gasteiger partial charge in [0, 0.05) is 38.0 Å². The Hall–Kier alpha value is -2.96. The molecule has 1 aliphatic carbocycles. The lowest BCUT2D eigenvalue weighted by Gasteiger charge is -2.28. The van der Waals surface area contributed by atoms with Crippen LogP contribution in [0.5, 0.6) is 0 Å². The Bertz CT molecular complexity index is 1140. The third kappa shape index (κ3) is 5.04. The molecule has 2 fully saturated rings. The SMILES string of the molecule is CCCC(C)c1nc(N2CCCN(C(=O)C3CCCCC3)CC2)c2cnn(-c3ccccc3)c2n1. The van der Waals surface area contributed by atoms with Gasteiger partial charge in [0.25, 0.3) is 0 Å². The fourth-order valence-corrected chi connectivity index (χ4v) is 5.65. The minimum absolute atomic E-state index is 0.228. The largest absolute Gasteiger partial charge is 0.354 e. The van der Waals surface area contributed by atoms with Gasteiger partial charge in [-0.05, 0) is 37.8 Å². The number of nitrogens with zero attached hydrogens (tertiary/aromatic N) is 6. The van der Waals surface area contributed by atoms with E-state index in [-0.39, 0.29) is 11.8 Å². The first-order chi connectivity index (χ1) is 17.2. The molecule has 1 atom stereocenters. The zero-order valence-corrected chi connectivity index (χ0v) is 21.2. The standard InChI is InChI=1S/C28H38N6O/c1-3-11-21(2)25-30-26(24-20-29-34(27(24)31-25)23-14-8-5-9-15-23)32-16-10-17-33(19-18-32)28(35)22-12-6-4-7-13-22/h5,8-9,14-15,20-22H,3-4,6-7,10-13,16-19H2,1-2H3. The number of carbonyl (C=O) groups excluding carboxylic acids is 1. The van der Waals surface area contributed by atoms with E-state index in [2.05, 4.69) is 35.8 Å². The summed E-state index contributed by atoms with van der Waals surface area (Å²) in [5.41, 5.74) is 1.86. The van der Waals surface area contributed by atoms with Gasteiger partial charge >= 0.3 is 0 Å². The molecular weight excluding hydrogens is 436 g/mol. The van der Waals surface area contributed by atoms with Crippen LogP contribution in [-0.2, 0) is 4.79 Å². The lowest BCUT2D eigenvalue weighted by molar-refractivity contribution is -0.136. The molecule has 1 unspecified atom stereocenters. The number of fused-ring (bicyclic) bond motifs is 1. The summed E-state index contributed by atoms with van der Waals surface area (Å²) in [5, 5.41) is 5.70. The van der Waals surface area contributed by atoms with E-state index < -0.39 is 0 Å². The fraction of sp³-hybridized carbons (Fsp3) is 0.571. The molecule has 7 heteroatoms. The molecule has 1 saturated carbocycles. The number of hydrogen-bond donors (Lipinski definition) is 0. The van der Waals surface area contributed by atoms with Gasteiger partial charge in [-0.25, -0.2) is 14.6 Å². The van der Waals surface area contributed by atoms with Crippen LogP contribution in [0.3, 0.4) is 0 Å². The number of hydrogen-bond acceptors (Lipinski definition) is 5. The normalized spacial score (nSPS) is 18.6. The highest BCUT2D eigenvalue weighted by molar-refractivity contribution is 5.88. The molecule has 1 aliphatic heterocycles. The van der Waals surface area contributed by atoms with Crippen LogP contribution in [0.1, 0.15) is 77.0 Å². The van der Waals surface area contributed by atoms with Crippen LogP contribution in [0.2, 0.25) is 0 Å². The summed E-state index contributed by atoms with van der Waals surface area (Å²) >= 11 is 0. The summed E-state index contributed by atoms with van der Waals surface area (Å²) in [6.07, 6.45) is 10.8. The quantitative estimate of drug-likeness (QED) is 0.483. The number of para-hydroxylation sites is 1. The molecule has 0 bridgehead atoms. The summed E-state index contributed by atoms with van der Waals surface area (Å²) in [6, 6.07) is 10.2. The second-order valence-electron chi connectivity index (χ2n) is 10.2. The average molecular weight is 475 g/mol. The lowest BCUT2D eigenvalue weighted by Crippen LogP contribution is -2.39. The number of amides is 1. The van der Waals surface area contributed by atoms with Crippen molar-refractivity contribution >= 4 is 22.8 Å². The summed E-state index contributed by atoms with van der Waals surface area (Å²) in [6.45, 7) is 7.69. The van der Waals surface area contributed by atoms with E-state index in [0.29, 0.717) is 5.91 Å². The number of benzene rings is 1. The maximum absolute atomic E-state index is 13.2. The number of anilines is 1. The second-order valence-corrected chi connectivity index (χ2v) is 10.2. The molecule has 186 valence electrons. The summed E-state index contributed by atoms with van der Waals surface area (Å²) < 4.78 is 1.93. The maximum Gasteiger partial charge on any atom is 0.225 e. The molecule has 7 nitrogen and oxygen atoms in total. The Kier molecular flexibility index (Phi) is 7.30. The molecule has 0 spiro atoms. The predicted molar refractivity (Wildman–Crippen MR) is 140 cm³/mol. The van der Waals surface area contributed by atoms with Gasteiger partial charge in [-0.15, -0.1) is 0 Å². The molecule has 1 aromatic carbocycles. The van der Waals surface area contributed by atoms with E-state index in [4.69, 9.17) is 15.1 Å². The van der Waals surface area contributed by atoms with E-state index in [1.807, 2.05) is 29.1 Å². The monoisotopic (exact) mass is 474 g/mol. The van der Waals surface area contributed by atoms with Crippen LogP contribution in [-0.4, -0.2) is 56.7 Å². The Morgan fingerprint density at radius 1 is 1.00 bits per heavy atom. The molecule has 5 rings (SSSR count). The number of carbonyl (C=O) groups is 1. The van der Waals surface area contributed by atoms with Gasteiger partial charge in [0.05, 0.1) is 17.3 Å². The van der Waals surface area contributed by atoms with Crippen LogP contribution in [0.15, 0.2) is 36.5 Å². The molecular formula is C28H38N6O. The molecule has 1 amide bonds. The van der Waals surface area contributed by atoms with E-state index in [0.717, 1.165) is 86.6 Å². The molecule has 1 saturated heterocycles. The highest BCUT2D eigenvalue weighted by atomic mass is 16.2. The molecule has 2 aromatic heterocycles. The first-order valence-electron chi connectivity index (χ1n) is 13.5. The average Bonchev–Trinajstić information content (AvgIpc) is 3.18. The third-order valence-electron chi connectivity index (χ3n) is 7.65. The van der Waals surface area contributed by atoms with Crippen molar-refractivity contribution in [2.45, 2.75) is 71.1 Å². The predicted octanol–water partition coefficient (Wildman–Crippen LogP) is 5.34. The second kappa shape index (κ2) is 10.8. The molecule has 0 radical (unpaired) electrons. The van der Waals surface area contributed by atoms with E-state index in [1.54, 1.807) is 0 Å². The molecule has 35 heavy (non-hydrogen) atoms. The molecule has 3 heterocycles. The minimum Gasteiger partial charge on any atom is -0.354 e. The lowest BCUT2D eigenvalue weighted by atomic mass is 9.88. The molecule has 0 N–H and O–H groups in total. The first-order valence-corrected chi connectivity index (χ1v) is 13.5. The summed E-state index contributed by atoms with van der Waals surface area (Å²) in [7, 11) is 0. The van der Waals surface area contributed by atoms with Crippen LogP contribution in [0.4, 0.5) is 5.82 Å². The fourth-order valence-electron chi connectivity index (χ4n) is 5.65. The first kappa shape index (κ1) is 23.8. The zero-order valence-electron chi connectivity index (χ0n) is 21.2. The van der Waals surface area contributed by atoms with Gasteiger partial charge in [0.1, 0.15) is 11.6 Å². The van der Waals surface area contributed by atoms with Crippen LogP contribution >= 0.6 is 0 Å². The van der Waals surface area contributed by atoms with Crippen molar-refractivity contribution in [2.24, 2.45) is 5.92 Å². The maximum atomic E-state index is 13.2.